The highest BCUT2D eigenvalue weighted by Gasteiger charge is 2.24. The van der Waals surface area contributed by atoms with E-state index in [1.807, 2.05) is 17.8 Å². The number of carbonyl (C=O) groups is 1. The first-order valence-electron chi connectivity index (χ1n) is 9.68. The van der Waals surface area contributed by atoms with Gasteiger partial charge >= 0.3 is 0 Å². The Kier molecular flexibility index (Phi) is 6.09. The van der Waals surface area contributed by atoms with Gasteiger partial charge in [0.15, 0.2) is 0 Å². The van der Waals surface area contributed by atoms with Gasteiger partial charge in [0.05, 0.1) is 11.3 Å². The molecule has 0 radical (unpaired) electrons. The molecule has 5 nitrogen and oxygen atoms in total. The van der Waals surface area contributed by atoms with E-state index in [0.717, 1.165) is 38.3 Å². The summed E-state index contributed by atoms with van der Waals surface area (Å²) in [5.74, 6) is 0.598. The van der Waals surface area contributed by atoms with Crippen LogP contribution < -0.4 is 5.32 Å². The van der Waals surface area contributed by atoms with Crippen molar-refractivity contribution in [3.8, 4) is 0 Å². The molecule has 5 heteroatoms. The number of aromatic nitrogens is 2. The number of nitrogens with zero attached hydrogens (tertiary/aromatic N) is 3. The van der Waals surface area contributed by atoms with E-state index in [1.165, 1.54) is 17.5 Å². The first-order valence-corrected chi connectivity index (χ1v) is 9.68. The second-order valence-electron chi connectivity index (χ2n) is 7.29. The van der Waals surface area contributed by atoms with Gasteiger partial charge in [0.25, 0.3) is 5.91 Å². The maximum atomic E-state index is 12.4. The van der Waals surface area contributed by atoms with E-state index in [-0.39, 0.29) is 5.91 Å². The predicted octanol–water partition coefficient (Wildman–Crippen LogP) is 3.13. The zero-order chi connectivity index (χ0) is 18.5. The minimum absolute atomic E-state index is 0.0143. The average Bonchev–Trinajstić information content (AvgIpc) is 3.22. The fraction of sp³-hybridized carbons (Fsp3) is 0.524. The Morgan fingerprint density at radius 2 is 2.08 bits per heavy atom. The third-order valence-electron chi connectivity index (χ3n) is 5.26. The van der Waals surface area contributed by atoms with E-state index >= 15 is 0 Å². The van der Waals surface area contributed by atoms with E-state index in [2.05, 4.69) is 53.4 Å². The first-order chi connectivity index (χ1) is 12.6. The second-order valence-corrected chi connectivity index (χ2v) is 7.29. The number of hydrogen-bond acceptors (Lipinski definition) is 3. The maximum absolute atomic E-state index is 12.4. The van der Waals surface area contributed by atoms with Crippen LogP contribution in [0.2, 0.25) is 0 Å². The molecule has 26 heavy (non-hydrogen) atoms. The monoisotopic (exact) mass is 354 g/mol. The summed E-state index contributed by atoms with van der Waals surface area (Å²) in [5.41, 5.74) is 4.35. The SMILES string of the molecule is CCCn1cc(C(=O)NCCN2CC[C@@H](c3ccccc3C)C2)c(C)n1. The lowest BCUT2D eigenvalue weighted by molar-refractivity contribution is 0.0949. The lowest BCUT2D eigenvalue weighted by Gasteiger charge is -2.17. The first kappa shape index (κ1) is 18.6. The molecule has 0 unspecified atom stereocenters. The number of nitrogens with one attached hydrogen (secondary N) is 1. The zero-order valence-electron chi connectivity index (χ0n) is 16.2. The predicted molar refractivity (Wildman–Crippen MR) is 105 cm³/mol. The molecule has 3 rings (SSSR count). The van der Waals surface area contributed by atoms with Crippen LogP contribution in [0.5, 0.6) is 0 Å². The largest absolute Gasteiger partial charge is 0.351 e. The third-order valence-corrected chi connectivity index (χ3v) is 5.26. The van der Waals surface area contributed by atoms with E-state index < -0.39 is 0 Å². The molecule has 0 spiro atoms. The molecule has 0 aliphatic carbocycles. The Bertz CT molecular complexity index is 752. The number of hydrogen-bond donors (Lipinski definition) is 1. The van der Waals surface area contributed by atoms with Gasteiger partial charge in [0, 0.05) is 32.4 Å². The highest BCUT2D eigenvalue weighted by Crippen LogP contribution is 2.28. The summed E-state index contributed by atoms with van der Waals surface area (Å²) in [4.78, 5) is 14.9. The van der Waals surface area contributed by atoms with Gasteiger partial charge in [-0.1, -0.05) is 31.2 Å². The highest BCUT2D eigenvalue weighted by atomic mass is 16.1. The van der Waals surface area contributed by atoms with Crippen LogP contribution in [0, 0.1) is 13.8 Å². The normalized spacial score (nSPS) is 17.6. The van der Waals surface area contributed by atoms with Crippen molar-refractivity contribution in [2.24, 2.45) is 0 Å². The second kappa shape index (κ2) is 8.49. The standard InChI is InChI=1S/C21H30N4O/c1-4-11-25-15-20(17(3)23-25)21(26)22-10-13-24-12-9-18(14-24)19-8-6-5-7-16(19)2/h5-8,15,18H,4,9-14H2,1-3H3,(H,22,26)/t18-/m1/s1. The summed E-state index contributed by atoms with van der Waals surface area (Å²) >= 11 is 0. The van der Waals surface area contributed by atoms with E-state index in [4.69, 9.17) is 0 Å². The van der Waals surface area contributed by atoms with Gasteiger partial charge in [0.2, 0.25) is 0 Å². The van der Waals surface area contributed by atoms with Gasteiger partial charge in [-0.2, -0.15) is 5.10 Å². The Morgan fingerprint density at radius 1 is 1.27 bits per heavy atom. The van der Waals surface area contributed by atoms with Gasteiger partial charge in [-0.15, -0.1) is 0 Å². The zero-order valence-corrected chi connectivity index (χ0v) is 16.2. The minimum atomic E-state index is -0.0143. The molecule has 140 valence electrons. The molecule has 1 fully saturated rings. The molecule has 2 aromatic rings. The number of likely N-dealkylation sites (tertiary alicyclic amines) is 1. The van der Waals surface area contributed by atoms with Crippen molar-refractivity contribution in [1.29, 1.82) is 0 Å². The molecular formula is C21H30N4O. The Labute approximate surface area is 156 Å². The minimum Gasteiger partial charge on any atom is -0.351 e. The molecule has 2 heterocycles. The molecule has 1 N–H and O–H groups in total. The van der Waals surface area contributed by atoms with Gasteiger partial charge in [-0.3, -0.25) is 9.48 Å². The van der Waals surface area contributed by atoms with Crippen LogP contribution in [-0.4, -0.2) is 46.8 Å². The van der Waals surface area contributed by atoms with Gasteiger partial charge in [-0.25, -0.2) is 0 Å². The van der Waals surface area contributed by atoms with Crippen molar-refractivity contribution in [2.75, 3.05) is 26.2 Å². The molecule has 1 saturated heterocycles. The molecule has 1 aromatic heterocycles. The summed E-state index contributed by atoms with van der Waals surface area (Å²) in [6.45, 7) is 10.8. The molecular weight excluding hydrogens is 324 g/mol. The summed E-state index contributed by atoms with van der Waals surface area (Å²) in [6.07, 6.45) is 4.07. The number of rotatable bonds is 7. The van der Waals surface area contributed by atoms with E-state index in [1.54, 1.807) is 0 Å². The lowest BCUT2D eigenvalue weighted by Crippen LogP contribution is -2.34. The van der Waals surface area contributed by atoms with Crippen molar-refractivity contribution in [1.82, 2.24) is 20.0 Å². The highest BCUT2D eigenvalue weighted by molar-refractivity contribution is 5.94. The third kappa shape index (κ3) is 4.33. The van der Waals surface area contributed by atoms with Crippen molar-refractivity contribution in [3.05, 3.63) is 52.8 Å². The van der Waals surface area contributed by atoms with Crippen LogP contribution in [0.15, 0.2) is 30.5 Å². The van der Waals surface area contributed by atoms with Crippen molar-refractivity contribution < 1.29 is 4.79 Å². The quantitative estimate of drug-likeness (QED) is 0.831. The van der Waals surface area contributed by atoms with Gasteiger partial charge < -0.3 is 10.2 Å². The van der Waals surface area contributed by atoms with Crippen LogP contribution in [0.3, 0.4) is 0 Å². The average molecular weight is 354 g/mol. The van der Waals surface area contributed by atoms with E-state index in [9.17, 15) is 4.79 Å². The molecule has 1 amide bonds. The fourth-order valence-electron chi connectivity index (χ4n) is 3.84. The van der Waals surface area contributed by atoms with Gasteiger partial charge in [-0.05, 0) is 50.3 Å². The summed E-state index contributed by atoms with van der Waals surface area (Å²) in [5, 5.41) is 7.46. The number of amides is 1. The summed E-state index contributed by atoms with van der Waals surface area (Å²) in [7, 11) is 0. The van der Waals surface area contributed by atoms with Crippen molar-refractivity contribution in [2.45, 2.75) is 46.1 Å². The summed E-state index contributed by atoms with van der Waals surface area (Å²) in [6, 6.07) is 8.68. The Hall–Kier alpha value is -2.14. The van der Waals surface area contributed by atoms with Crippen LogP contribution in [-0.2, 0) is 6.54 Å². The molecule has 1 aliphatic heterocycles. The van der Waals surface area contributed by atoms with Crippen LogP contribution >= 0.6 is 0 Å². The lowest BCUT2D eigenvalue weighted by atomic mass is 9.94. The van der Waals surface area contributed by atoms with Crippen molar-refractivity contribution >= 4 is 5.91 Å². The van der Waals surface area contributed by atoms with Gasteiger partial charge in [0.1, 0.15) is 0 Å². The summed E-state index contributed by atoms with van der Waals surface area (Å²) < 4.78 is 1.86. The van der Waals surface area contributed by atoms with E-state index in [0.29, 0.717) is 18.0 Å². The smallest absolute Gasteiger partial charge is 0.254 e. The number of aryl methyl sites for hydroxylation is 3. The van der Waals surface area contributed by atoms with Crippen LogP contribution in [0.4, 0.5) is 0 Å². The Balaban J connectivity index is 1.47. The van der Waals surface area contributed by atoms with Crippen LogP contribution in [0.25, 0.3) is 0 Å². The molecule has 0 saturated carbocycles. The van der Waals surface area contributed by atoms with Crippen LogP contribution in [0.1, 0.15) is 52.9 Å². The Morgan fingerprint density at radius 3 is 2.85 bits per heavy atom. The number of carbonyl (C=O) groups excluding carboxylic acids is 1. The van der Waals surface area contributed by atoms with Crippen molar-refractivity contribution in [3.63, 3.8) is 0 Å². The molecule has 1 aromatic carbocycles. The number of benzene rings is 1. The fourth-order valence-corrected chi connectivity index (χ4v) is 3.84. The maximum Gasteiger partial charge on any atom is 0.254 e. The molecule has 0 bridgehead atoms. The topological polar surface area (TPSA) is 50.2 Å². The molecule has 1 aliphatic rings. The molecule has 1 atom stereocenters.